The number of amides is 5. The van der Waals surface area contributed by atoms with Crippen molar-refractivity contribution in [3.05, 3.63) is 60.1 Å². The molecule has 2 atom stereocenters. The van der Waals surface area contributed by atoms with Gasteiger partial charge < -0.3 is 15.1 Å². The van der Waals surface area contributed by atoms with Crippen LogP contribution in [0.1, 0.15) is 29.8 Å². The number of rotatable bonds is 5. The standard InChI is InChI=1S/C18H18N4O5/c1-11(19-15(24)12-8-9-27-10-12)14(23)21-22-16(25)18(2,20-17(22)26)13-6-4-3-5-7-13/h3-11H,1-2H3,(H,19,24)(H,20,26)(H,21,23)/t11-,18-/m0/s1. The molecule has 0 unspecified atom stereocenters. The molecule has 1 fully saturated rings. The normalized spacial score (nSPS) is 20.1. The number of hydrogen-bond donors (Lipinski definition) is 3. The number of furan rings is 1. The summed E-state index contributed by atoms with van der Waals surface area (Å²) in [5.74, 6) is -1.86. The third-order valence-electron chi connectivity index (χ3n) is 4.29. The van der Waals surface area contributed by atoms with Gasteiger partial charge in [0.15, 0.2) is 0 Å². The van der Waals surface area contributed by atoms with Crippen molar-refractivity contribution in [1.29, 1.82) is 0 Å². The predicted molar refractivity (Wildman–Crippen MR) is 93.0 cm³/mol. The van der Waals surface area contributed by atoms with Gasteiger partial charge in [-0.1, -0.05) is 30.3 Å². The van der Waals surface area contributed by atoms with E-state index in [4.69, 9.17) is 4.42 Å². The molecule has 0 spiro atoms. The Labute approximate surface area is 154 Å². The highest BCUT2D eigenvalue weighted by atomic mass is 16.3. The van der Waals surface area contributed by atoms with Gasteiger partial charge in [-0.15, -0.1) is 0 Å². The molecule has 0 bridgehead atoms. The largest absolute Gasteiger partial charge is 0.472 e. The molecule has 1 aromatic carbocycles. The summed E-state index contributed by atoms with van der Waals surface area (Å²) in [5, 5.41) is 5.66. The van der Waals surface area contributed by atoms with E-state index in [2.05, 4.69) is 16.1 Å². The minimum atomic E-state index is -1.30. The molecule has 0 radical (unpaired) electrons. The van der Waals surface area contributed by atoms with Crippen molar-refractivity contribution in [2.45, 2.75) is 25.4 Å². The number of imide groups is 1. The van der Waals surface area contributed by atoms with E-state index in [0.29, 0.717) is 10.6 Å². The van der Waals surface area contributed by atoms with Gasteiger partial charge in [0, 0.05) is 0 Å². The Morgan fingerprint density at radius 1 is 1.19 bits per heavy atom. The van der Waals surface area contributed by atoms with E-state index in [9.17, 15) is 19.2 Å². The summed E-state index contributed by atoms with van der Waals surface area (Å²) in [5.41, 5.74) is 1.79. The van der Waals surface area contributed by atoms with Crippen molar-refractivity contribution < 1.29 is 23.6 Å². The monoisotopic (exact) mass is 370 g/mol. The summed E-state index contributed by atoms with van der Waals surface area (Å²) in [6.07, 6.45) is 2.57. The molecule has 1 aliphatic heterocycles. The molecule has 0 aliphatic carbocycles. The van der Waals surface area contributed by atoms with Crippen LogP contribution in [0.25, 0.3) is 0 Å². The zero-order valence-corrected chi connectivity index (χ0v) is 14.7. The van der Waals surface area contributed by atoms with Crippen LogP contribution in [0.4, 0.5) is 4.79 Å². The summed E-state index contributed by atoms with van der Waals surface area (Å²) in [7, 11) is 0. The minimum Gasteiger partial charge on any atom is -0.472 e. The molecule has 1 aromatic heterocycles. The average Bonchev–Trinajstić information content (AvgIpc) is 3.26. The summed E-state index contributed by atoms with van der Waals surface area (Å²) < 4.78 is 4.81. The molecule has 3 rings (SSSR count). The molecule has 9 heteroatoms. The highest BCUT2D eigenvalue weighted by molar-refractivity contribution is 6.08. The van der Waals surface area contributed by atoms with Crippen LogP contribution in [0.5, 0.6) is 0 Å². The van der Waals surface area contributed by atoms with Gasteiger partial charge in [0.2, 0.25) is 0 Å². The molecule has 140 valence electrons. The third kappa shape index (κ3) is 3.39. The van der Waals surface area contributed by atoms with Crippen LogP contribution in [0.15, 0.2) is 53.3 Å². The Morgan fingerprint density at radius 3 is 2.52 bits per heavy atom. The Morgan fingerprint density at radius 2 is 1.89 bits per heavy atom. The van der Waals surface area contributed by atoms with Gasteiger partial charge in [-0.25, -0.2) is 4.79 Å². The lowest BCUT2D eigenvalue weighted by atomic mass is 9.92. The summed E-state index contributed by atoms with van der Waals surface area (Å²) in [6.45, 7) is 2.99. The van der Waals surface area contributed by atoms with Crippen molar-refractivity contribution in [2.24, 2.45) is 0 Å². The molecule has 2 heterocycles. The van der Waals surface area contributed by atoms with Crippen LogP contribution in [0, 0.1) is 0 Å². The van der Waals surface area contributed by atoms with Crippen LogP contribution in [0.3, 0.4) is 0 Å². The molecule has 2 aromatic rings. The Kier molecular flexibility index (Phi) is 4.68. The third-order valence-corrected chi connectivity index (χ3v) is 4.29. The second kappa shape index (κ2) is 6.94. The highest BCUT2D eigenvalue weighted by Crippen LogP contribution is 2.27. The first-order chi connectivity index (χ1) is 12.8. The highest BCUT2D eigenvalue weighted by Gasteiger charge is 2.50. The number of nitrogens with one attached hydrogen (secondary N) is 3. The van der Waals surface area contributed by atoms with Gasteiger partial charge in [-0.3, -0.25) is 19.8 Å². The van der Waals surface area contributed by atoms with E-state index in [1.54, 1.807) is 37.3 Å². The van der Waals surface area contributed by atoms with Crippen molar-refractivity contribution in [3.8, 4) is 0 Å². The zero-order valence-electron chi connectivity index (χ0n) is 14.7. The summed E-state index contributed by atoms with van der Waals surface area (Å²) in [6, 6.07) is 8.39. The van der Waals surface area contributed by atoms with E-state index in [-0.39, 0.29) is 5.56 Å². The first kappa shape index (κ1) is 18.2. The van der Waals surface area contributed by atoms with E-state index in [0.717, 1.165) is 0 Å². The molecule has 1 saturated heterocycles. The molecule has 1 aliphatic rings. The smallest absolute Gasteiger partial charge is 0.344 e. The lowest BCUT2D eigenvalue weighted by molar-refractivity contribution is -0.139. The van der Waals surface area contributed by atoms with Crippen molar-refractivity contribution in [2.75, 3.05) is 0 Å². The summed E-state index contributed by atoms with van der Waals surface area (Å²) in [4.78, 5) is 49.2. The van der Waals surface area contributed by atoms with Crippen LogP contribution in [-0.4, -0.2) is 34.8 Å². The topological polar surface area (TPSA) is 121 Å². The number of nitrogens with zero attached hydrogens (tertiary/aromatic N) is 1. The van der Waals surface area contributed by atoms with Crippen LogP contribution in [0.2, 0.25) is 0 Å². The maximum atomic E-state index is 12.7. The predicted octanol–water partition coefficient (Wildman–Crippen LogP) is 0.896. The minimum absolute atomic E-state index is 0.251. The Bertz CT molecular complexity index is 880. The van der Waals surface area contributed by atoms with Crippen molar-refractivity contribution >= 4 is 23.8 Å². The van der Waals surface area contributed by atoms with Gasteiger partial charge in [0.1, 0.15) is 17.8 Å². The lowest BCUT2D eigenvalue weighted by Crippen LogP contribution is -2.54. The maximum absolute atomic E-state index is 12.7. The fourth-order valence-corrected chi connectivity index (χ4v) is 2.65. The van der Waals surface area contributed by atoms with Crippen LogP contribution in [-0.2, 0) is 15.1 Å². The number of carbonyl (C=O) groups is 4. The van der Waals surface area contributed by atoms with Crippen LogP contribution < -0.4 is 16.1 Å². The van der Waals surface area contributed by atoms with Gasteiger partial charge in [-0.05, 0) is 25.5 Å². The van der Waals surface area contributed by atoms with E-state index in [1.807, 2.05) is 0 Å². The lowest BCUT2D eigenvalue weighted by Gasteiger charge is -2.22. The van der Waals surface area contributed by atoms with E-state index < -0.39 is 35.3 Å². The SMILES string of the molecule is C[C@H](NC(=O)c1ccoc1)C(=O)NN1C(=O)N[C@@](C)(c2ccccc2)C1=O. The number of hydrazine groups is 1. The molecule has 9 nitrogen and oxygen atoms in total. The molecular weight excluding hydrogens is 352 g/mol. The number of benzene rings is 1. The van der Waals surface area contributed by atoms with E-state index >= 15 is 0 Å². The zero-order chi connectivity index (χ0) is 19.6. The van der Waals surface area contributed by atoms with Gasteiger partial charge in [0.05, 0.1) is 11.8 Å². The van der Waals surface area contributed by atoms with Crippen molar-refractivity contribution in [1.82, 2.24) is 21.1 Å². The number of hydrogen-bond acceptors (Lipinski definition) is 5. The fraction of sp³-hybridized carbons (Fsp3) is 0.222. The average molecular weight is 370 g/mol. The van der Waals surface area contributed by atoms with E-state index in [1.165, 1.54) is 25.5 Å². The second-order valence-electron chi connectivity index (χ2n) is 6.24. The Balaban J connectivity index is 1.68. The summed E-state index contributed by atoms with van der Waals surface area (Å²) >= 11 is 0. The molecular formula is C18H18N4O5. The van der Waals surface area contributed by atoms with Gasteiger partial charge in [-0.2, -0.15) is 5.01 Å². The van der Waals surface area contributed by atoms with Crippen LogP contribution >= 0.6 is 0 Å². The maximum Gasteiger partial charge on any atom is 0.344 e. The van der Waals surface area contributed by atoms with Gasteiger partial charge >= 0.3 is 6.03 Å². The first-order valence-corrected chi connectivity index (χ1v) is 8.18. The number of urea groups is 1. The van der Waals surface area contributed by atoms with Gasteiger partial charge in [0.25, 0.3) is 17.7 Å². The molecule has 5 amide bonds. The number of carbonyl (C=O) groups excluding carboxylic acids is 4. The molecule has 27 heavy (non-hydrogen) atoms. The second-order valence-corrected chi connectivity index (χ2v) is 6.24. The molecule has 3 N–H and O–H groups in total. The van der Waals surface area contributed by atoms with Crippen molar-refractivity contribution in [3.63, 3.8) is 0 Å². The quantitative estimate of drug-likeness (QED) is 0.675. The fourth-order valence-electron chi connectivity index (χ4n) is 2.65. The first-order valence-electron chi connectivity index (χ1n) is 8.18. The molecule has 0 saturated carbocycles. The Hall–Kier alpha value is -3.62.